The number of hydrogen-bond acceptors (Lipinski definition) is 5. The van der Waals surface area contributed by atoms with Crippen LogP contribution in [0, 0.1) is 10.2 Å². The van der Waals surface area contributed by atoms with E-state index in [1.807, 2.05) is 0 Å². The summed E-state index contributed by atoms with van der Waals surface area (Å²) in [5.41, 5.74) is 0. The highest BCUT2D eigenvalue weighted by Crippen LogP contribution is 1.49. The average Bonchev–Trinajstić information content (AvgIpc) is 1.36. The maximum atomic E-state index is 8.49. The molecule has 0 aliphatic carbocycles. The van der Waals surface area contributed by atoms with Gasteiger partial charge in [-0.05, 0) is 0 Å². The molecule has 0 aliphatic rings. The van der Waals surface area contributed by atoms with Crippen molar-refractivity contribution in [2.45, 2.75) is 0 Å². The molecule has 0 radical (unpaired) electrons. The number of quaternary nitrogens is 1. The zero-order valence-corrected chi connectivity index (χ0v) is 5.21. The molecule has 0 amide bonds. The maximum absolute atomic E-state index is 8.49. The van der Waals surface area contributed by atoms with Crippen LogP contribution >= 0.6 is 0 Å². The highest BCUT2D eigenvalue weighted by Gasteiger charge is 1.84. The van der Waals surface area contributed by atoms with E-state index in [0.717, 1.165) is 7.11 Å². The number of aliphatic hydroxyl groups excluding tert-OH is 1. The Kier molecular flexibility index (Phi) is 13.8. The van der Waals surface area contributed by atoms with Gasteiger partial charge in [-0.25, -0.2) is 18.6 Å². The maximum Gasteiger partial charge on any atom is 0.0319 e. The molecule has 7 heteroatoms. The smallest absolute Gasteiger partial charge is 0.0319 e. The van der Waals surface area contributed by atoms with E-state index in [2.05, 4.69) is 0 Å². The third kappa shape index (κ3) is 61700. The van der Waals surface area contributed by atoms with Crippen LogP contribution in [0.3, 0.4) is 0 Å². The second-order valence-corrected chi connectivity index (χ2v) is 1.13. The number of hydrogen-bond donors (Lipinski definition) is 2. The first-order chi connectivity index (χ1) is 3.00. The normalized spacial score (nSPS) is 8.25. The monoisotopic (exact) mass is 149 g/mol. The molecule has 0 fully saturated rings. The van der Waals surface area contributed by atoms with E-state index >= 15 is 0 Å². The summed E-state index contributed by atoms with van der Waals surface area (Å²) in [7, 11) is -3.94. The van der Waals surface area contributed by atoms with Crippen molar-refractivity contribution < 1.29 is 34.0 Å². The summed E-state index contributed by atoms with van der Waals surface area (Å²) in [5.74, 6) is 0. The Morgan fingerprint density at radius 2 is 1.00 bits per heavy atom. The van der Waals surface area contributed by atoms with Gasteiger partial charge in [-0.2, -0.15) is 0 Å². The van der Waals surface area contributed by atoms with Crippen LogP contribution in [0.2, 0.25) is 0 Å². The van der Waals surface area contributed by atoms with Crippen LogP contribution in [0.1, 0.15) is 0 Å². The van der Waals surface area contributed by atoms with Gasteiger partial charge in [0.2, 0.25) is 0 Å². The van der Waals surface area contributed by atoms with Gasteiger partial charge in [0.15, 0.2) is 0 Å². The molecule has 0 aromatic rings. The fraction of sp³-hybridized carbons (Fsp3) is 1.00. The molecule has 0 bridgehead atoms. The van der Waals surface area contributed by atoms with Crippen LogP contribution in [0.5, 0.6) is 0 Å². The Labute approximate surface area is 48.3 Å². The summed E-state index contributed by atoms with van der Waals surface area (Å²) in [6, 6.07) is 0. The van der Waals surface area contributed by atoms with Crippen molar-refractivity contribution >= 4 is 0 Å². The molecule has 0 aromatic heterocycles. The molecule has 6 nitrogen and oxygen atoms in total. The largest absolute Gasteiger partial charge is 0.400 e. The quantitative estimate of drug-likeness (QED) is 0.355. The van der Waals surface area contributed by atoms with Gasteiger partial charge in [0.1, 0.15) is 0 Å². The van der Waals surface area contributed by atoms with Crippen molar-refractivity contribution in [1.82, 2.24) is 6.15 Å². The van der Waals surface area contributed by atoms with Crippen LogP contribution in [-0.2, 0) is 0 Å². The minimum atomic E-state index is -4.94. The lowest BCUT2D eigenvalue weighted by atomic mass is 11.8. The van der Waals surface area contributed by atoms with Crippen molar-refractivity contribution in [3.63, 3.8) is 0 Å². The third-order valence-electron chi connectivity index (χ3n) is 0. The highest BCUT2D eigenvalue weighted by molar-refractivity contribution is 3.18. The van der Waals surface area contributed by atoms with Crippen LogP contribution in [0.25, 0.3) is 0 Å². The number of rotatable bonds is 0. The van der Waals surface area contributed by atoms with Crippen molar-refractivity contribution in [1.29, 1.82) is 0 Å². The summed E-state index contributed by atoms with van der Waals surface area (Å²) in [6.07, 6.45) is 0. The van der Waals surface area contributed by atoms with E-state index in [1.54, 1.807) is 0 Å². The molecule has 0 heterocycles. The predicted octanol–water partition coefficient (Wildman–Crippen LogP) is -4.77. The lowest BCUT2D eigenvalue weighted by molar-refractivity contribution is -2.00. The van der Waals surface area contributed by atoms with E-state index in [4.69, 9.17) is 23.7 Å². The zero-order chi connectivity index (χ0) is 6.50. The third-order valence-corrected chi connectivity index (χ3v) is 0. The molecule has 0 saturated heterocycles. The van der Waals surface area contributed by atoms with E-state index < -0.39 is 10.2 Å². The Morgan fingerprint density at radius 1 is 1.00 bits per heavy atom. The molecule has 0 atom stereocenters. The molecule has 0 rings (SSSR count). The fourth-order valence-electron chi connectivity index (χ4n) is 0. The first-order valence-electron chi connectivity index (χ1n) is 1.06. The van der Waals surface area contributed by atoms with Crippen LogP contribution in [-0.4, -0.2) is 12.2 Å². The van der Waals surface area contributed by atoms with Crippen LogP contribution in [0.4, 0.5) is 0 Å². The average molecular weight is 150 g/mol. The minimum absolute atomic E-state index is 0. The van der Waals surface area contributed by atoms with Gasteiger partial charge in [0, 0.05) is 7.11 Å². The molecule has 8 heavy (non-hydrogen) atoms. The van der Waals surface area contributed by atoms with Gasteiger partial charge in [0.05, 0.1) is 0 Å². The van der Waals surface area contributed by atoms with Gasteiger partial charge >= 0.3 is 0 Å². The zero-order valence-electron chi connectivity index (χ0n) is 4.46. The fourth-order valence-corrected chi connectivity index (χ4v) is 0. The molecule has 0 unspecified atom stereocenters. The van der Waals surface area contributed by atoms with Gasteiger partial charge < -0.3 is 11.3 Å². The summed E-state index contributed by atoms with van der Waals surface area (Å²) >= 11 is 0. The summed E-state index contributed by atoms with van der Waals surface area (Å²) in [4.78, 5) is 0. The Morgan fingerprint density at radius 3 is 1.00 bits per heavy atom. The molecule has 0 aromatic carbocycles. The van der Waals surface area contributed by atoms with Crippen LogP contribution < -0.4 is 24.8 Å². The second kappa shape index (κ2) is 7.05. The van der Waals surface area contributed by atoms with Crippen LogP contribution in [0.15, 0.2) is 0 Å². The summed E-state index contributed by atoms with van der Waals surface area (Å²) < 4.78 is 34.0. The van der Waals surface area contributed by atoms with Gasteiger partial charge in [0.25, 0.3) is 0 Å². The van der Waals surface area contributed by atoms with Crippen molar-refractivity contribution in [2.24, 2.45) is 0 Å². The van der Waals surface area contributed by atoms with Gasteiger partial charge in [-0.15, -0.1) is 10.2 Å². The Hall–Kier alpha value is 0.0500. The molecular weight excluding hydrogens is 141 g/mol. The molecular formula is CH8ClNO5. The van der Waals surface area contributed by atoms with Gasteiger partial charge in [-0.1, -0.05) is 0 Å². The summed E-state index contributed by atoms with van der Waals surface area (Å²) in [5, 5.41) is 7.00. The Bertz CT molecular complexity index is 27.9. The highest BCUT2D eigenvalue weighted by atomic mass is 35.7. The Balaban J connectivity index is -0.0000000750. The molecule has 0 spiro atoms. The first kappa shape index (κ1) is 15.7. The predicted molar refractivity (Wildman–Crippen MR) is 14.1 cm³/mol. The van der Waals surface area contributed by atoms with E-state index in [9.17, 15) is 0 Å². The first-order valence-corrected chi connectivity index (χ1v) is 2.30. The molecule has 54 valence electrons. The molecule has 0 aliphatic heterocycles. The topological polar surface area (TPSA) is 149 Å². The van der Waals surface area contributed by atoms with Gasteiger partial charge in [-0.3, -0.25) is 0 Å². The summed E-state index contributed by atoms with van der Waals surface area (Å²) in [6.45, 7) is 0. The molecule has 0 saturated carbocycles. The lowest BCUT2D eigenvalue weighted by Crippen LogP contribution is -2.68. The van der Waals surface area contributed by atoms with Crippen molar-refractivity contribution in [3.05, 3.63) is 0 Å². The van der Waals surface area contributed by atoms with E-state index in [-0.39, 0.29) is 6.15 Å². The van der Waals surface area contributed by atoms with Crippen molar-refractivity contribution in [2.75, 3.05) is 7.11 Å². The standard InChI is InChI=1S/CH4O.ClHO4.H3N/c1-2;2-1(3,4)5;/h2H,1H3;(H,2,3,4,5);1H3. The molecule has 5 N–H and O–H groups in total. The number of aliphatic hydroxyl groups is 1. The minimum Gasteiger partial charge on any atom is -0.400 e. The lowest BCUT2D eigenvalue weighted by Gasteiger charge is -2.17. The van der Waals surface area contributed by atoms with E-state index in [1.165, 1.54) is 0 Å². The SMILES string of the molecule is CO.[NH4+].[O-][Cl+3]([O-])([O-])[O-]. The van der Waals surface area contributed by atoms with E-state index in [0.29, 0.717) is 0 Å². The second-order valence-electron chi connectivity index (χ2n) is 0.378. The van der Waals surface area contributed by atoms with Crippen molar-refractivity contribution in [3.8, 4) is 0 Å². The number of halogens is 1.